The molecule has 0 unspecified atom stereocenters. The summed E-state index contributed by atoms with van der Waals surface area (Å²) in [6.45, 7) is 3.06. The van der Waals surface area contributed by atoms with E-state index in [0.717, 1.165) is 18.1 Å². The predicted octanol–water partition coefficient (Wildman–Crippen LogP) is 0.0861. The molecule has 5 nitrogen and oxygen atoms in total. The van der Waals surface area contributed by atoms with E-state index in [-0.39, 0.29) is 5.91 Å². The maximum absolute atomic E-state index is 11.0. The minimum absolute atomic E-state index is 0.0668. The Balaban J connectivity index is 2.27. The van der Waals surface area contributed by atoms with E-state index >= 15 is 0 Å². The summed E-state index contributed by atoms with van der Waals surface area (Å²) in [7, 11) is 0. The average Bonchev–Trinajstić information content (AvgIpc) is 2.53. The summed E-state index contributed by atoms with van der Waals surface area (Å²) in [5.41, 5.74) is 0. The van der Waals surface area contributed by atoms with E-state index in [0.29, 0.717) is 11.5 Å². The Kier molecular flexibility index (Phi) is 3.62. The van der Waals surface area contributed by atoms with Crippen molar-refractivity contribution < 1.29 is 4.79 Å². The van der Waals surface area contributed by atoms with E-state index in [1.807, 2.05) is 6.92 Å². The lowest BCUT2D eigenvalue weighted by molar-refractivity contribution is -0.115. The molecule has 1 aromatic rings. The number of anilines is 1. The van der Waals surface area contributed by atoms with Crippen LogP contribution in [0.2, 0.25) is 0 Å². The number of amides is 1. The van der Waals surface area contributed by atoms with Gasteiger partial charge < -0.3 is 10.6 Å². The topological polar surface area (TPSA) is 66.9 Å². The minimum atomic E-state index is -0.0668. The van der Waals surface area contributed by atoms with E-state index in [9.17, 15) is 4.79 Å². The quantitative estimate of drug-likeness (QED) is 0.699. The van der Waals surface area contributed by atoms with E-state index in [1.165, 1.54) is 6.20 Å². The smallest absolute Gasteiger partial charge is 0.239 e. The predicted molar refractivity (Wildman–Crippen MR) is 47.1 cm³/mol. The number of hydrogen-bond acceptors (Lipinski definition) is 5. The van der Waals surface area contributed by atoms with Crippen LogP contribution in [-0.2, 0) is 4.79 Å². The Bertz CT molecular complexity index is 236. The third-order valence-corrected chi connectivity index (χ3v) is 1.74. The molecule has 1 amide bonds. The van der Waals surface area contributed by atoms with Crippen molar-refractivity contribution in [1.29, 1.82) is 0 Å². The molecule has 0 aliphatic rings. The van der Waals surface area contributed by atoms with Gasteiger partial charge in [-0.3, -0.25) is 4.79 Å². The molecule has 0 aliphatic carbocycles. The lowest BCUT2D eigenvalue weighted by Gasteiger charge is -2.00. The molecule has 2 N–H and O–H groups in total. The summed E-state index contributed by atoms with van der Waals surface area (Å²) in [5, 5.41) is 9.83. The van der Waals surface area contributed by atoms with Crippen LogP contribution in [0.1, 0.15) is 6.92 Å². The highest BCUT2D eigenvalue weighted by atomic mass is 32.1. The molecule has 0 radical (unpaired) electrons. The first-order chi connectivity index (χ1) is 5.83. The number of nitrogens with one attached hydrogen (secondary N) is 2. The molecule has 1 heterocycles. The number of rotatable bonds is 4. The number of likely N-dealkylation sites (N-methyl/N-ethyl adjacent to an activating group) is 1. The average molecular weight is 186 g/mol. The molecule has 0 bridgehead atoms. The molecule has 0 aliphatic heterocycles. The summed E-state index contributed by atoms with van der Waals surface area (Å²) in [6, 6.07) is 0. The van der Waals surface area contributed by atoms with Crippen LogP contribution in [-0.4, -0.2) is 28.6 Å². The minimum Gasteiger partial charge on any atom is -0.314 e. The Labute approximate surface area is 74.3 Å². The number of carbonyl (C=O) groups is 1. The zero-order chi connectivity index (χ0) is 8.81. The Morgan fingerprint density at radius 1 is 1.75 bits per heavy atom. The maximum atomic E-state index is 11.0. The first kappa shape index (κ1) is 9.08. The fourth-order valence-electron chi connectivity index (χ4n) is 0.642. The summed E-state index contributed by atoms with van der Waals surface area (Å²) in [5.74, 6) is -0.0668. The molecule has 0 saturated heterocycles. The van der Waals surface area contributed by atoms with Crippen LogP contribution < -0.4 is 10.6 Å². The van der Waals surface area contributed by atoms with Gasteiger partial charge >= 0.3 is 0 Å². The zero-order valence-corrected chi connectivity index (χ0v) is 7.52. The second-order valence-electron chi connectivity index (χ2n) is 2.11. The zero-order valence-electron chi connectivity index (χ0n) is 6.70. The van der Waals surface area contributed by atoms with Crippen molar-refractivity contribution in [3.8, 4) is 0 Å². The number of nitrogens with zero attached hydrogens (tertiary/aromatic N) is 2. The van der Waals surface area contributed by atoms with Crippen molar-refractivity contribution in [2.45, 2.75) is 6.92 Å². The highest BCUT2D eigenvalue weighted by molar-refractivity contribution is 7.10. The summed E-state index contributed by atoms with van der Waals surface area (Å²) < 4.78 is 3.61. The molecule has 0 spiro atoms. The van der Waals surface area contributed by atoms with Gasteiger partial charge in [-0.25, -0.2) is 0 Å². The molecule has 0 aromatic carbocycles. The van der Waals surface area contributed by atoms with E-state index < -0.39 is 0 Å². The van der Waals surface area contributed by atoms with E-state index in [1.54, 1.807) is 0 Å². The van der Waals surface area contributed by atoms with Crippen LogP contribution in [0.15, 0.2) is 6.20 Å². The SMILES string of the molecule is CCNCC(=O)Nc1cnns1. The highest BCUT2D eigenvalue weighted by Crippen LogP contribution is 2.07. The van der Waals surface area contributed by atoms with Crippen LogP contribution in [0.5, 0.6) is 0 Å². The van der Waals surface area contributed by atoms with E-state index in [2.05, 4.69) is 20.2 Å². The second-order valence-corrected chi connectivity index (χ2v) is 2.90. The molecule has 6 heteroatoms. The Morgan fingerprint density at radius 2 is 2.58 bits per heavy atom. The molecule has 0 saturated carbocycles. The summed E-state index contributed by atoms with van der Waals surface area (Å²) in [6.07, 6.45) is 1.52. The van der Waals surface area contributed by atoms with Gasteiger partial charge in [0.2, 0.25) is 5.91 Å². The molecule has 0 atom stereocenters. The van der Waals surface area contributed by atoms with Crippen LogP contribution in [0.3, 0.4) is 0 Å². The maximum Gasteiger partial charge on any atom is 0.239 e. The standard InChI is InChI=1S/C6H10N4OS/c1-2-7-3-5(11)9-6-4-8-10-12-6/h4,7H,2-3H2,1H3,(H,9,11). The van der Waals surface area contributed by atoms with Crippen molar-refractivity contribution in [2.24, 2.45) is 0 Å². The first-order valence-electron chi connectivity index (χ1n) is 3.61. The van der Waals surface area contributed by atoms with Gasteiger partial charge in [0, 0.05) is 11.5 Å². The van der Waals surface area contributed by atoms with Gasteiger partial charge in [0.25, 0.3) is 0 Å². The summed E-state index contributed by atoms with van der Waals surface area (Å²) in [4.78, 5) is 11.0. The van der Waals surface area contributed by atoms with Crippen LogP contribution in [0.4, 0.5) is 5.00 Å². The van der Waals surface area contributed by atoms with Gasteiger partial charge in [-0.15, -0.1) is 5.10 Å². The number of carbonyl (C=O) groups excluding carboxylic acids is 1. The highest BCUT2D eigenvalue weighted by Gasteiger charge is 2.01. The molecular weight excluding hydrogens is 176 g/mol. The van der Waals surface area contributed by atoms with Gasteiger partial charge in [-0.1, -0.05) is 11.4 Å². The van der Waals surface area contributed by atoms with Gasteiger partial charge in [0.1, 0.15) is 5.00 Å². The van der Waals surface area contributed by atoms with Crippen molar-refractivity contribution >= 4 is 22.4 Å². The lowest BCUT2D eigenvalue weighted by Crippen LogP contribution is -2.27. The summed E-state index contributed by atoms with van der Waals surface area (Å²) >= 11 is 1.16. The largest absolute Gasteiger partial charge is 0.314 e. The third-order valence-electron chi connectivity index (χ3n) is 1.16. The Morgan fingerprint density at radius 3 is 3.17 bits per heavy atom. The third kappa shape index (κ3) is 2.93. The van der Waals surface area contributed by atoms with Gasteiger partial charge in [0.05, 0.1) is 12.7 Å². The second kappa shape index (κ2) is 4.78. The van der Waals surface area contributed by atoms with Crippen LogP contribution in [0, 0.1) is 0 Å². The van der Waals surface area contributed by atoms with Crippen LogP contribution in [0.25, 0.3) is 0 Å². The van der Waals surface area contributed by atoms with E-state index in [4.69, 9.17) is 0 Å². The van der Waals surface area contributed by atoms with Gasteiger partial charge in [-0.2, -0.15) is 0 Å². The van der Waals surface area contributed by atoms with Crippen LogP contribution >= 0.6 is 11.5 Å². The first-order valence-corrected chi connectivity index (χ1v) is 4.38. The van der Waals surface area contributed by atoms with Gasteiger partial charge in [-0.05, 0) is 6.54 Å². The lowest BCUT2D eigenvalue weighted by atomic mass is 10.5. The molecule has 1 aromatic heterocycles. The normalized spacial score (nSPS) is 9.75. The Hall–Kier alpha value is -1.01. The monoisotopic (exact) mass is 186 g/mol. The molecule has 1 rings (SSSR count). The number of aromatic nitrogens is 2. The fourth-order valence-corrected chi connectivity index (χ4v) is 1.08. The van der Waals surface area contributed by atoms with Crippen molar-refractivity contribution in [3.63, 3.8) is 0 Å². The fraction of sp³-hybridized carbons (Fsp3) is 0.500. The van der Waals surface area contributed by atoms with Crippen molar-refractivity contribution in [2.75, 3.05) is 18.4 Å². The molecule has 12 heavy (non-hydrogen) atoms. The molecular formula is C6H10N4OS. The van der Waals surface area contributed by atoms with Crippen molar-refractivity contribution in [3.05, 3.63) is 6.20 Å². The molecule has 66 valence electrons. The van der Waals surface area contributed by atoms with Gasteiger partial charge in [0.15, 0.2) is 0 Å². The number of hydrogen-bond donors (Lipinski definition) is 2. The molecule has 0 fully saturated rings. The van der Waals surface area contributed by atoms with Crippen molar-refractivity contribution in [1.82, 2.24) is 14.9 Å².